The number of H-pyrrole nitrogens is 1. The maximum absolute atomic E-state index is 14.7. The van der Waals surface area contributed by atoms with Crippen LogP contribution in [0.2, 0.25) is 5.02 Å². The van der Waals surface area contributed by atoms with Crippen molar-refractivity contribution >= 4 is 46.2 Å². The Balaban J connectivity index is 1.22. The van der Waals surface area contributed by atoms with Crippen LogP contribution in [0.15, 0.2) is 54.7 Å². The summed E-state index contributed by atoms with van der Waals surface area (Å²) in [7, 11) is 0. The normalized spacial score (nSPS) is 16.7. The third-order valence-electron chi connectivity index (χ3n) is 8.16. The zero-order valence-corrected chi connectivity index (χ0v) is 26.5. The van der Waals surface area contributed by atoms with Crippen molar-refractivity contribution in [2.75, 3.05) is 34.8 Å². The molecule has 10 nitrogen and oxygen atoms in total. The molecule has 2 fully saturated rings. The van der Waals surface area contributed by atoms with Gasteiger partial charge in [-0.05, 0) is 68.1 Å². The molecule has 2 aromatic heterocycles. The Morgan fingerprint density at radius 2 is 1.82 bits per heavy atom. The molecule has 2 aliphatic rings. The number of carbonyl (C=O) groups excluding carboxylic acids is 2. The van der Waals surface area contributed by atoms with Gasteiger partial charge in [0.15, 0.2) is 5.67 Å². The highest BCUT2D eigenvalue weighted by molar-refractivity contribution is 7.91. The number of aromatic nitrogens is 4. The SMILES string of the molecule is Cc1n[nH]c(C)c1-c1ccc(NC(=O)C(Cc2cc(-c3ccnc(N4CC[S+]([O-])CC4)n3)ccc2Cl)NC(=O)C2(F)CC2)cc1. The summed E-state index contributed by atoms with van der Waals surface area (Å²) in [5.41, 5.74) is 4.31. The molecular formula is C32H33ClFN7O3S. The molecule has 1 saturated heterocycles. The zero-order valence-electron chi connectivity index (χ0n) is 24.9. The minimum Gasteiger partial charge on any atom is -0.616 e. The number of benzene rings is 2. The molecule has 1 aliphatic carbocycles. The predicted octanol–water partition coefficient (Wildman–Crippen LogP) is 4.54. The summed E-state index contributed by atoms with van der Waals surface area (Å²) in [4.78, 5) is 37.5. The van der Waals surface area contributed by atoms with Crippen LogP contribution in [-0.2, 0) is 27.2 Å². The number of rotatable bonds is 9. The first-order valence-corrected chi connectivity index (χ1v) is 16.6. The summed E-state index contributed by atoms with van der Waals surface area (Å²) >= 11 is 5.77. The molecule has 45 heavy (non-hydrogen) atoms. The second-order valence-electron chi connectivity index (χ2n) is 11.5. The fourth-order valence-corrected chi connectivity index (χ4v) is 6.62. The third kappa shape index (κ3) is 6.98. The molecule has 0 bridgehead atoms. The highest BCUT2D eigenvalue weighted by Crippen LogP contribution is 2.40. The predicted molar refractivity (Wildman–Crippen MR) is 173 cm³/mol. The van der Waals surface area contributed by atoms with Gasteiger partial charge in [0, 0.05) is 40.1 Å². The van der Waals surface area contributed by atoms with E-state index in [0.29, 0.717) is 52.5 Å². The molecule has 13 heteroatoms. The monoisotopic (exact) mass is 649 g/mol. The van der Waals surface area contributed by atoms with Crippen LogP contribution < -0.4 is 15.5 Å². The number of anilines is 2. The average Bonchev–Trinajstić information content (AvgIpc) is 3.71. The van der Waals surface area contributed by atoms with Gasteiger partial charge in [0.2, 0.25) is 11.9 Å². The number of hydrogen-bond acceptors (Lipinski definition) is 7. The Morgan fingerprint density at radius 1 is 1.11 bits per heavy atom. The van der Waals surface area contributed by atoms with Gasteiger partial charge in [-0.15, -0.1) is 0 Å². The summed E-state index contributed by atoms with van der Waals surface area (Å²) in [6.45, 7) is 5.08. The largest absolute Gasteiger partial charge is 0.616 e. The molecular weight excluding hydrogens is 617 g/mol. The van der Waals surface area contributed by atoms with Crippen molar-refractivity contribution in [3.05, 3.63) is 76.7 Å². The minimum absolute atomic E-state index is 0.0295. The van der Waals surface area contributed by atoms with Gasteiger partial charge in [0.05, 0.1) is 24.5 Å². The summed E-state index contributed by atoms with van der Waals surface area (Å²) < 4.78 is 26.5. The van der Waals surface area contributed by atoms with Crippen LogP contribution in [0.4, 0.5) is 16.0 Å². The highest BCUT2D eigenvalue weighted by atomic mass is 35.5. The molecule has 0 radical (unpaired) electrons. The molecule has 3 N–H and O–H groups in total. The Labute approximate surface area is 268 Å². The van der Waals surface area contributed by atoms with Crippen LogP contribution in [0.3, 0.4) is 0 Å². The zero-order chi connectivity index (χ0) is 31.7. The Bertz CT molecular complexity index is 1700. The van der Waals surface area contributed by atoms with Gasteiger partial charge >= 0.3 is 0 Å². The Kier molecular flexibility index (Phi) is 8.80. The van der Waals surface area contributed by atoms with Gasteiger partial charge in [0.25, 0.3) is 5.91 Å². The van der Waals surface area contributed by atoms with E-state index in [0.717, 1.165) is 28.1 Å². The molecule has 4 aromatic rings. The molecule has 0 spiro atoms. The van der Waals surface area contributed by atoms with Crippen molar-refractivity contribution in [3.8, 4) is 22.4 Å². The first kappa shape index (κ1) is 31.0. The van der Waals surface area contributed by atoms with E-state index >= 15 is 0 Å². The van der Waals surface area contributed by atoms with Gasteiger partial charge in [-0.3, -0.25) is 14.7 Å². The molecule has 1 unspecified atom stereocenters. The Hall–Kier alpha value is -4.00. The van der Waals surface area contributed by atoms with Crippen molar-refractivity contribution < 1.29 is 18.5 Å². The van der Waals surface area contributed by atoms with Crippen LogP contribution in [0.25, 0.3) is 22.4 Å². The second-order valence-corrected chi connectivity index (χ2v) is 13.6. The molecule has 2 amide bonds. The molecule has 1 aliphatic heterocycles. The lowest BCUT2D eigenvalue weighted by molar-refractivity contribution is -0.131. The topological polar surface area (TPSA) is 139 Å². The smallest absolute Gasteiger partial charge is 0.258 e. The third-order valence-corrected chi connectivity index (χ3v) is 9.80. The van der Waals surface area contributed by atoms with Crippen LogP contribution in [-0.4, -0.2) is 72.8 Å². The minimum atomic E-state index is -1.95. The van der Waals surface area contributed by atoms with Crippen LogP contribution >= 0.6 is 11.6 Å². The van der Waals surface area contributed by atoms with Gasteiger partial charge in [-0.2, -0.15) is 5.10 Å². The van der Waals surface area contributed by atoms with E-state index in [1.54, 1.807) is 30.5 Å². The summed E-state index contributed by atoms with van der Waals surface area (Å²) in [6.07, 6.45) is 1.95. The molecule has 3 heterocycles. The van der Waals surface area contributed by atoms with Crippen molar-refractivity contribution in [1.82, 2.24) is 25.5 Å². The fraction of sp³-hybridized carbons (Fsp3) is 0.344. The van der Waals surface area contributed by atoms with Crippen molar-refractivity contribution in [2.24, 2.45) is 0 Å². The maximum Gasteiger partial charge on any atom is 0.258 e. The molecule has 234 valence electrons. The van der Waals surface area contributed by atoms with Crippen molar-refractivity contribution in [1.29, 1.82) is 0 Å². The number of hydrogen-bond donors (Lipinski definition) is 3. The molecule has 1 atom stereocenters. The number of aromatic amines is 1. The first-order valence-electron chi connectivity index (χ1n) is 14.7. The number of aryl methyl sites for hydroxylation is 2. The highest BCUT2D eigenvalue weighted by Gasteiger charge is 2.51. The van der Waals surface area contributed by atoms with Crippen molar-refractivity contribution in [2.45, 2.75) is 44.8 Å². The number of carbonyl (C=O) groups is 2. The Morgan fingerprint density at radius 3 is 2.49 bits per heavy atom. The van der Waals surface area contributed by atoms with E-state index < -0.39 is 34.7 Å². The lowest BCUT2D eigenvalue weighted by Crippen LogP contribution is -2.48. The van der Waals surface area contributed by atoms with Crippen LogP contribution in [0, 0.1) is 13.8 Å². The van der Waals surface area contributed by atoms with E-state index in [-0.39, 0.29) is 19.3 Å². The lowest BCUT2D eigenvalue weighted by atomic mass is 10.0. The number of nitrogens with zero attached hydrogens (tertiary/aromatic N) is 4. The van der Waals surface area contributed by atoms with E-state index in [1.165, 1.54) is 0 Å². The number of halogens is 2. The first-order chi connectivity index (χ1) is 21.6. The van der Waals surface area contributed by atoms with E-state index in [9.17, 15) is 18.5 Å². The number of alkyl halides is 1. The van der Waals surface area contributed by atoms with Gasteiger partial charge in [-0.1, -0.05) is 41.0 Å². The van der Waals surface area contributed by atoms with Crippen LogP contribution in [0.1, 0.15) is 29.8 Å². The van der Waals surface area contributed by atoms with E-state index in [1.807, 2.05) is 43.0 Å². The second kappa shape index (κ2) is 12.8. The molecule has 2 aromatic carbocycles. The quantitative estimate of drug-likeness (QED) is 0.226. The summed E-state index contributed by atoms with van der Waals surface area (Å²) in [5, 5.41) is 13.1. The van der Waals surface area contributed by atoms with Crippen molar-refractivity contribution in [3.63, 3.8) is 0 Å². The summed E-state index contributed by atoms with van der Waals surface area (Å²) in [5.74, 6) is 0.388. The number of amides is 2. The standard InChI is InChI=1S/C32H33ClFN7O3S/c1-19-28(20(2)40-39-19)21-3-6-24(7-4-21)36-29(42)27(37-30(43)32(34)10-11-32)18-23-17-22(5-8-25(23)33)26-9-12-35-31(38-26)41-13-15-45(44)16-14-41/h3-9,12,17,27H,10-11,13-16,18H2,1-2H3,(H,36,42)(H,37,43)(H,39,40). The van der Waals surface area contributed by atoms with E-state index in [2.05, 4.69) is 25.8 Å². The van der Waals surface area contributed by atoms with Crippen LogP contribution in [0.5, 0.6) is 0 Å². The van der Waals surface area contributed by atoms with E-state index in [4.69, 9.17) is 16.6 Å². The van der Waals surface area contributed by atoms with Gasteiger partial charge in [0.1, 0.15) is 17.5 Å². The maximum atomic E-state index is 14.7. The lowest BCUT2D eigenvalue weighted by Gasteiger charge is -2.28. The number of nitrogens with one attached hydrogen (secondary N) is 3. The molecule has 1 saturated carbocycles. The van der Waals surface area contributed by atoms with Gasteiger partial charge in [-0.25, -0.2) is 14.4 Å². The molecule has 6 rings (SSSR count). The summed E-state index contributed by atoms with van der Waals surface area (Å²) in [6, 6.07) is 13.4. The van der Waals surface area contributed by atoms with Gasteiger partial charge < -0.3 is 20.1 Å². The fourth-order valence-electron chi connectivity index (χ4n) is 5.37. The average molecular weight is 650 g/mol.